The number of hydrogen-bond donors (Lipinski definition) is 1. The lowest BCUT2D eigenvalue weighted by atomic mass is 10.0. The molecule has 2 aliphatic heterocycles. The van der Waals surface area contributed by atoms with E-state index in [0.717, 1.165) is 6.61 Å². The predicted octanol–water partition coefficient (Wildman–Crippen LogP) is 4.12. The normalized spacial score (nSPS) is 28.5. The van der Waals surface area contributed by atoms with Gasteiger partial charge in [-0.2, -0.15) is 0 Å². The number of hydrogen-bond acceptors (Lipinski definition) is 3. The molecule has 2 aliphatic rings. The summed E-state index contributed by atoms with van der Waals surface area (Å²) in [5, 5.41) is 5.01. The van der Waals surface area contributed by atoms with Crippen molar-refractivity contribution in [2.75, 3.05) is 0 Å². The van der Waals surface area contributed by atoms with Crippen LogP contribution in [-0.2, 0) is 11.3 Å². The van der Waals surface area contributed by atoms with Crippen LogP contribution in [-0.4, -0.2) is 18.2 Å². The van der Waals surface area contributed by atoms with Gasteiger partial charge in [-0.25, -0.2) is 0 Å². The minimum atomic E-state index is 0. The van der Waals surface area contributed by atoms with Crippen LogP contribution >= 0.6 is 23.7 Å². The zero-order chi connectivity index (χ0) is 12.7. The molecule has 0 spiro atoms. The maximum absolute atomic E-state index is 6.15. The summed E-state index contributed by atoms with van der Waals surface area (Å²) in [7, 11) is 0. The number of ether oxygens (including phenoxy) is 1. The molecule has 2 bridgehead atoms. The summed E-state index contributed by atoms with van der Waals surface area (Å²) in [5.74, 6) is 0. The topological polar surface area (TPSA) is 21.3 Å². The van der Waals surface area contributed by atoms with Crippen LogP contribution in [0.15, 0.2) is 30.3 Å². The number of rotatable bonds is 3. The smallest absolute Gasteiger partial charge is 0.0813 e. The average molecular weight is 310 g/mol. The molecule has 20 heavy (non-hydrogen) atoms. The number of thiophene rings is 1. The Morgan fingerprint density at radius 1 is 1.15 bits per heavy atom. The molecule has 4 rings (SSSR count). The largest absolute Gasteiger partial charge is 0.373 e. The fourth-order valence-electron chi connectivity index (χ4n) is 3.45. The Balaban J connectivity index is 0.00000121. The molecule has 0 amide bonds. The number of fused-ring (bicyclic) bond motifs is 3. The van der Waals surface area contributed by atoms with Crippen LogP contribution < -0.4 is 5.32 Å². The molecule has 1 unspecified atom stereocenters. The second-order valence-electron chi connectivity index (χ2n) is 5.79. The molecule has 108 valence electrons. The lowest BCUT2D eigenvalue weighted by Crippen LogP contribution is -2.41. The van der Waals surface area contributed by atoms with Gasteiger partial charge in [0.1, 0.15) is 0 Å². The average Bonchev–Trinajstić information content (AvgIpc) is 2.99. The Kier molecular flexibility index (Phi) is 4.32. The number of benzene rings is 1. The minimum Gasteiger partial charge on any atom is -0.373 e. The summed E-state index contributed by atoms with van der Waals surface area (Å²) in [6, 6.07) is 12.3. The first kappa shape index (κ1) is 14.3. The van der Waals surface area contributed by atoms with Gasteiger partial charge < -0.3 is 10.1 Å². The standard InChI is InChI=1S/C16H19NOS.ClH/c1-2-4-16-11(3-1)7-15(19-16)10-18-14-8-12-5-6-13(9-14)17-12;/h1-4,7,12-14,17H,5-6,8-10H2;1H/t12-,13+,14?;. The maximum Gasteiger partial charge on any atom is 0.0813 e. The quantitative estimate of drug-likeness (QED) is 0.920. The molecule has 3 atom stereocenters. The Hall–Kier alpha value is -0.610. The van der Waals surface area contributed by atoms with Crippen molar-refractivity contribution in [2.45, 2.75) is 50.5 Å². The second kappa shape index (κ2) is 6.02. The fraction of sp³-hybridized carbons (Fsp3) is 0.500. The van der Waals surface area contributed by atoms with Crippen molar-refractivity contribution in [3.63, 3.8) is 0 Å². The molecule has 0 saturated carbocycles. The molecular formula is C16H20ClNOS. The van der Waals surface area contributed by atoms with Gasteiger partial charge in [0.25, 0.3) is 0 Å². The SMILES string of the molecule is Cl.c1ccc2sc(COC3C[C@H]4CC[C@@H](C3)N4)cc2c1. The van der Waals surface area contributed by atoms with Crippen LogP contribution in [0.3, 0.4) is 0 Å². The maximum atomic E-state index is 6.15. The van der Waals surface area contributed by atoms with E-state index in [1.54, 1.807) is 0 Å². The van der Waals surface area contributed by atoms with Gasteiger partial charge in [-0.3, -0.25) is 0 Å². The van der Waals surface area contributed by atoms with E-state index in [9.17, 15) is 0 Å². The van der Waals surface area contributed by atoms with Crippen LogP contribution in [0.1, 0.15) is 30.6 Å². The van der Waals surface area contributed by atoms with Gasteiger partial charge in [-0.1, -0.05) is 18.2 Å². The Bertz CT molecular complexity index is 540. The van der Waals surface area contributed by atoms with Gasteiger partial charge in [0.15, 0.2) is 0 Å². The van der Waals surface area contributed by atoms with Crippen LogP contribution in [0, 0.1) is 0 Å². The van der Waals surface area contributed by atoms with Gasteiger partial charge in [0.05, 0.1) is 12.7 Å². The van der Waals surface area contributed by atoms with Gasteiger partial charge in [-0.15, -0.1) is 23.7 Å². The molecule has 0 radical (unpaired) electrons. The van der Waals surface area contributed by atoms with Gasteiger partial charge in [0, 0.05) is 21.7 Å². The summed E-state index contributed by atoms with van der Waals surface area (Å²) >= 11 is 1.86. The van der Waals surface area contributed by atoms with E-state index in [1.807, 2.05) is 11.3 Å². The Morgan fingerprint density at radius 3 is 2.65 bits per heavy atom. The number of halogens is 1. The first-order valence-electron chi connectivity index (χ1n) is 7.22. The molecule has 2 fully saturated rings. The molecule has 1 aromatic heterocycles. The van der Waals surface area contributed by atoms with Crippen molar-refractivity contribution in [3.8, 4) is 0 Å². The van der Waals surface area contributed by atoms with Crippen molar-refractivity contribution in [1.82, 2.24) is 5.32 Å². The molecule has 4 heteroatoms. The van der Waals surface area contributed by atoms with Crippen molar-refractivity contribution in [1.29, 1.82) is 0 Å². The molecule has 2 nitrogen and oxygen atoms in total. The predicted molar refractivity (Wildman–Crippen MR) is 86.8 cm³/mol. The molecule has 3 heterocycles. The second-order valence-corrected chi connectivity index (χ2v) is 6.96. The van der Waals surface area contributed by atoms with Crippen molar-refractivity contribution in [3.05, 3.63) is 35.2 Å². The van der Waals surface area contributed by atoms with Crippen molar-refractivity contribution < 1.29 is 4.74 Å². The molecule has 1 aromatic carbocycles. The minimum absolute atomic E-state index is 0. The fourth-order valence-corrected chi connectivity index (χ4v) is 4.44. The third-order valence-corrected chi connectivity index (χ3v) is 5.46. The lowest BCUT2D eigenvalue weighted by Gasteiger charge is -2.28. The van der Waals surface area contributed by atoms with Gasteiger partial charge in [-0.05, 0) is 43.2 Å². The number of piperidine rings is 1. The van der Waals surface area contributed by atoms with Crippen LogP contribution in [0.5, 0.6) is 0 Å². The van der Waals surface area contributed by atoms with E-state index in [2.05, 4.69) is 35.6 Å². The van der Waals surface area contributed by atoms with E-state index in [0.29, 0.717) is 18.2 Å². The van der Waals surface area contributed by atoms with E-state index in [4.69, 9.17) is 4.74 Å². The lowest BCUT2D eigenvalue weighted by molar-refractivity contribution is 0.0105. The monoisotopic (exact) mass is 309 g/mol. The summed E-state index contributed by atoms with van der Waals surface area (Å²) in [6.07, 6.45) is 5.54. The third-order valence-electron chi connectivity index (χ3n) is 4.37. The van der Waals surface area contributed by atoms with Gasteiger partial charge >= 0.3 is 0 Å². The van der Waals surface area contributed by atoms with Gasteiger partial charge in [0.2, 0.25) is 0 Å². The van der Waals surface area contributed by atoms with Crippen molar-refractivity contribution >= 4 is 33.8 Å². The van der Waals surface area contributed by atoms with E-state index in [1.165, 1.54) is 40.6 Å². The van der Waals surface area contributed by atoms with E-state index in [-0.39, 0.29) is 12.4 Å². The summed E-state index contributed by atoms with van der Waals surface area (Å²) in [5.41, 5.74) is 0. The highest BCUT2D eigenvalue weighted by Crippen LogP contribution is 2.30. The molecular weight excluding hydrogens is 290 g/mol. The van der Waals surface area contributed by atoms with E-state index >= 15 is 0 Å². The van der Waals surface area contributed by atoms with E-state index < -0.39 is 0 Å². The highest BCUT2D eigenvalue weighted by molar-refractivity contribution is 7.19. The number of nitrogens with one attached hydrogen (secondary N) is 1. The summed E-state index contributed by atoms with van der Waals surface area (Å²) < 4.78 is 7.52. The molecule has 2 aromatic rings. The third kappa shape index (κ3) is 2.86. The molecule has 2 saturated heterocycles. The Labute approximate surface area is 129 Å². The van der Waals surface area contributed by atoms with Crippen molar-refractivity contribution in [2.24, 2.45) is 0 Å². The Morgan fingerprint density at radius 2 is 1.90 bits per heavy atom. The molecule has 0 aliphatic carbocycles. The summed E-state index contributed by atoms with van der Waals surface area (Å²) in [6.45, 7) is 0.781. The summed E-state index contributed by atoms with van der Waals surface area (Å²) in [4.78, 5) is 1.35. The first-order valence-corrected chi connectivity index (χ1v) is 8.03. The van der Waals surface area contributed by atoms with Crippen LogP contribution in [0.2, 0.25) is 0 Å². The molecule has 1 N–H and O–H groups in total. The zero-order valence-corrected chi connectivity index (χ0v) is 13.0. The highest BCUT2D eigenvalue weighted by Gasteiger charge is 2.33. The zero-order valence-electron chi connectivity index (χ0n) is 11.4. The highest BCUT2D eigenvalue weighted by atomic mass is 35.5. The van der Waals surface area contributed by atoms with Crippen LogP contribution in [0.4, 0.5) is 0 Å². The first-order chi connectivity index (χ1) is 9.37. The van der Waals surface area contributed by atoms with Crippen LogP contribution in [0.25, 0.3) is 10.1 Å².